The minimum atomic E-state index is -0.721. The molecule has 4 rings (SSSR count). The second-order valence-corrected chi connectivity index (χ2v) is 5.58. The topological polar surface area (TPSA) is 76.2 Å². The summed E-state index contributed by atoms with van der Waals surface area (Å²) < 4.78 is 10.4. The smallest absolute Gasteiger partial charge is 0.425 e. The fourth-order valence-electron chi connectivity index (χ4n) is 3.37. The number of amides is 2. The van der Waals surface area contributed by atoms with E-state index in [0.29, 0.717) is 23.5 Å². The molecule has 3 heterocycles. The molecule has 1 fully saturated rings. The average molecular weight is 302 g/mol. The van der Waals surface area contributed by atoms with Crippen LogP contribution in [0.4, 0.5) is 16.2 Å². The molecule has 1 aromatic rings. The van der Waals surface area contributed by atoms with Crippen molar-refractivity contribution in [3.63, 3.8) is 0 Å². The molecule has 2 atom stereocenters. The van der Waals surface area contributed by atoms with Gasteiger partial charge in [-0.25, -0.2) is 4.79 Å². The van der Waals surface area contributed by atoms with Crippen LogP contribution in [0.3, 0.4) is 0 Å². The molecule has 0 saturated carbocycles. The van der Waals surface area contributed by atoms with Crippen LogP contribution < -0.4 is 9.80 Å². The number of ether oxygens (including phenoxy) is 2. The van der Waals surface area contributed by atoms with Crippen molar-refractivity contribution >= 4 is 29.3 Å². The van der Waals surface area contributed by atoms with Crippen molar-refractivity contribution in [3.05, 3.63) is 23.8 Å². The molecule has 1 saturated heterocycles. The third-order valence-electron chi connectivity index (χ3n) is 4.31. The van der Waals surface area contributed by atoms with Crippen molar-refractivity contribution in [3.8, 4) is 0 Å². The van der Waals surface area contributed by atoms with Crippen molar-refractivity contribution in [1.29, 1.82) is 0 Å². The number of rotatable bonds is 0. The van der Waals surface area contributed by atoms with Crippen LogP contribution in [0.2, 0.25) is 0 Å². The van der Waals surface area contributed by atoms with Gasteiger partial charge in [-0.3, -0.25) is 9.59 Å². The van der Waals surface area contributed by atoms with E-state index in [4.69, 9.17) is 9.47 Å². The van der Waals surface area contributed by atoms with E-state index in [9.17, 15) is 14.4 Å². The Kier molecular flexibility index (Phi) is 2.66. The van der Waals surface area contributed by atoms with Crippen molar-refractivity contribution < 1.29 is 23.9 Å². The van der Waals surface area contributed by atoms with E-state index in [-0.39, 0.29) is 24.8 Å². The monoisotopic (exact) mass is 302 g/mol. The zero-order valence-electron chi connectivity index (χ0n) is 11.9. The predicted molar refractivity (Wildman–Crippen MR) is 75.5 cm³/mol. The molecule has 0 bridgehead atoms. The summed E-state index contributed by atoms with van der Waals surface area (Å²) in [6, 6.07) is 5.41. The highest BCUT2D eigenvalue weighted by molar-refractivity contribution is 6.06. The summed E-state index contributed by atoms with van der Waals surface area (Å²) in [5, 5.41) is 0. The van der Waals surface area contributed by atoms with Crippen LogP contribution in [0.15, 0.2) is 18.2 Å². The molecule has 7 nitrogen and oxygen atoms in total. The molecule has 114 valence electrons. The molecular formula is C15H14N2O5. The van der Waals surface area contributed by atoms with Gasteiger partial charge < -0.3 is 19.3 Å². The molecule has 0 aliphatic carbocycles. The zero-order valence-corrected chi connectivity index (χ0v) is 11.9. The lowest BCUT2D eigenvalue weighted by Gasteiger charge is -2.35. The zero-order chi connectivity index (χ0) is 15.4. The molecular weight excluding hydrogens is 288 g/mol. The normalized spacial score (nSPS) is 25.9. The highest BCUT2D eigenvalue weighted by atomic mass is 16.8. The summed E-state index contributed by atoms with van der Waals surface area (Å²) in [6.07, 6.45) is -1.51. The lowest BCUT2D eigenvalue weighted by molar-refractivity contribution is -0.119. The Labute approximate surface area is 126 Å². The van der Waals surface area contributed by atoms with Gasteiger partial charge in [0.2, 0.25) is 11.8 Å². The van der Waals surface area contributed by atoms with Crippen LogP contribution in [0, 0.1) is 0 Å². The molecule has 3 aliphatic heterocycles. The highest BCUT2D eigenvalue weighted by Crippen LogP contribution is 2.46. The second-order valence-electron chi connectivity index (χ2n) is 5.58. The van der Waals surface area contributed by atoms with Crippen LogP contribution in [-0.2, 0) is 19.1 Å². The quantitative estimate of drug-likeness (QED) is 0.676. The summed E-state index contributed by atoms with van der Waals surface area (Å²) in [4.78, 5) is 39.0. The van der Waals surface area contributed by atoms with Gasteiger partial charge in [-0.15, -0.1) is 0 Å². The van der Waals surface area contributed by atoms with E-state index < -0.39 is 18.4 Å². The van der Waals surface area contributed by atoms with E-state index in [1.165, 1.54) is 6.92 Å². The van der Waals surface area contributed by atoms with Gasteiger partial charge in [0.25, 0.3) is 0 Å². The number of carbonyl (C=O) groups is 3. The number of nitrogens with zero attached hydrogens (tertiary/aromatic N) is 2. The molecule has 3 aliphatic rings. The summed E-state index contributed by atoms with van der Waals surface area (Å²) in [5.74, 6) is -0.205. The number of para-hydroxylation sites is 1. The Hall–Kier alpha value is -2.57. The predicted octanol–water partition coefficient (Wildman–Crippen LogP) is 1.37. The fraction of sp³-hybridized carbons (Fsp3) is 0.400. The standard InChI is InChI=1S/C15H14N2O5/c1-8(18)16-6-5-12(19)17-7-11-14(22-15(20)21-11)9-3-2-4-10(16)13(9)17/h2-4,11,14H,5-7H2,1H3/t11-,14+/m1/s1. The highest BCUT2D eigenvalue weighted by Gasteiger charge is 2.47. The molecule has 0 radical (unpaired) electrons. The number of carbonyl (C=O) groups excluding carboxylic acids is 3. The van der Waals surface area contributed by atoms with Crippen LogP contribution in [-0.4, -0.2) is 37.2 Å². The van der Waals surface area contributed by atoms with Crippen LogP contribution in [0.25, 0.3) is 0 Å². The van der Waals surface area contributed by atoms with E-state index in [1.807, 2.05) is 12.1 Å². The Morgan fingerprint density at radius 2 is 2.09 bits per heavy atom. The first kappa shape index (κ1) is 13.1. The molecule has 0 aromatic heterocycles. The van der Waals surface area contributed by atoms with E-state index in [1.54, 1.807) is 15.9 Å². The van der Waals surface area contributed by atoms with E-state index >= 15 is 0 Å². The molecule has 22 heavy (non-hydrogen) atoms. The van der Waals surface area contributed by atoms with Crippen LogP contribution in [0.5, 0.6) is 0 Å². The molecule has 0 spiro atoms. The van der Waals surface area contributed by atoms with Crippen molar-refractivity contribution in [1.82, 2.24) is 0 Å². The molecule has 7 heteroatoms. The summed E-state index contributed by atoms with van der Waals surface area (Å²) in [5.41, 5.74) is 2.04. The van der Waals surface area contributed by atoms with Crippen LogP contribution >= 0.6 is 0 Å². The van der Waals surface area contributed by atoms with Gasteiger partial charge >= 0.3 is 6.16 Å². The minimum Gasteiger partial charge on any atom is -0.425 e. The SMILES string of the molecule is CC(=O)N1CCC(=O)N2C[C@H]3OC(=O)O[C@H]3c3cccc1c32. The van der Waals surface area contributed by atoms with E-state index in [0.717, 1.165) is 0 Å². The Morgan fingerprint density at radius 1 is 1.27 bits per heavy atom. The maximum Gasteiger partial charge on any atom is 0.509 e. The molecule has 2 amide bonds. The Morgan fingerprint density at radius 3 is 2.86 bits per heavy atom. The Balaban J connectivity index is 1.92. The van der Waals surface area contributed by atoms with Gasteiger partial charge in [0.15, 0.2) is 12.2 Å². The number of anilines is 2. The van der Waals surface area contributed by atoms with Crippen molar-refractivity contribution in [2.45, 2.75) is 25.6 Å². The van der Waals surface area contributed by atoms with E-state index in [2.05, 4.69) is 0 Å². The van der Waals surface area contributed by atoms with Gasteiger partial charge in [0.1, 0.15) is 0 Å². The van der Waals surface area contributed by atoms with Crippen molar-refractivity contribution in [2.24, 2.45) is 0 Å². The number of fused-ring (bicyclic) bond motifs is 2. The molecule has 0 unspecified atom stereocenters. The first-order valence-corrected chi connectivity index (χ1v) is 7.15. The lowest BCUT2D eigenvalue weighted by Crippen LogP contribution is -2.43. The van der Waals surface area contributed by atoms with Gasteiger partial charge in [-0.1, -0.05) is 12.1 Å². The first-order chi connectivity index (χ1) is 10.6. The lowest BCUT2D eigenvalue weighted by atomic mass is 9.95. The largest absolute Gasteiger partial charge is 0.509 e. The minimum absolute atomic E-state index is 0.0844. The Bertz CT molecular complexity index is 701. The fourth-order valence-corrected chi connectivity index (χ4v) is 3.37. The third-order valence-corrected chi connectivity index (χ3v) is 4.31. The summed E-state index contributed by atoms with van der Waals surface area (Å²) in [7, 11) is 0. The number of benzene rings is 1. The maximum absolute atomic E-state index is 12.4. The van der Waals surface area contributed by atoms with Gasteiger partial charge in [0, 0.05) is 25.5 Å². The van der Waals surface area contributed by atoms with Gasteiger partial charge in [0.05, 0.1) is 17.9 Å². The van der Waals surface area contributed by atoms with Gasteiger partial charge in [-0.2, -0.15) is 0 Å². The molecule has 0 N–H and O–H groups in total. The number of hydrogen-bond donors (Lipinski definition) is 0. The van der Waals surface area contributed by atoms with Gasteiger partial charge in [-0.05, 0) is 6.07 Å². The number of hydrogen-bond acceptors (Lipinski definition) is 5. The first-order valence-electron chi connectivity index (χ1n) is 7.15. The van der Waals surface area contributed by atoms with Crippen LogP contribution in [0.1, 0.15) is 25.0 Å². The summed E-state index contributed by atoms with van der Waals surface area (Å²) in [6.45, 7) is 2.08. The summed E-state index contributed by atoms with van der Waals surface area (Å²) >= 11 is 0. The maximum atomic E-state index is 12.4. The molecule has 1 aromatic carbocycles. The average Bonchev–Trinajstić information content (AvgIpc) is 2.79. The second kappa shape index (κ2) is 4.46. The van der Waals surface area contributed by atoms with Crippen molar-refractivity contribution in [2.75, 3.05) is 22.9 Å². The third kappa shape index (κ3) is 1.71.